The fraction of sp³-hybridized carbons (Fsp3) is 0.400. The van der Waals surface area contributed by atoms with Crippen LogP contribution in [0.4, 0.5) is 0 Å². The second-order valence-corrected chi connectivity index (χ2v) is 4.19. The van der Waals surface area contributed by atoms with Gasteiger partial charge in [-0.25, -0.2) is 0 Å². The van der Waals surface area contributed by atoms with Crippen LogP contribution in [0.5, 0.6) is 0 Å². The highest BCUT2D eigenvalue weighted by Gasteiger charge is 2.15. The van der Waals surface area contributed by atoms with E-state index in [0.29, 0.717) is 0 Å². The molecule has 64 valence electrons. The van der Waals surface area contributed by atoms with Crippen molar-refractivity contribution in [1.82, 2.24) is 5.32 Å². The number of rotatable bonds is 2. The first-order valence-electron chi connectivity index (χ1n) is 4.32. The Balaban J connectivity index is 1.98. The van der Waals surface area contributed by atoms with Crippen LogP contribution in [0, 0.1) is 0 Å². The number of halogens is 1. The Kier molecular flexibility index (Phi) is 2.47. The number of nitrogens with one attached hydrogen (secondary N) is 1. The number of hydrogen-bond acceptors (Lipinski definition) is 1. The molecule has 0 radical (unpaired) electrons. The topological polar surface area (TPSA) is 12.0 Å². The van der Waals surface area contributed by atoms with Gasteiger partial charge < -0.3 is 5.32 Å². The van der Waals surface area contributed by atoms with E-state index in [1.165, 1.54) is 24.9 Å². The van der Waals surface area contributed by atoms with Gasteiger partial charge in [0.25, 0.3) is 0 Å². The summed E-state index contributed by atoms with van der Waals surface area (Å²) in [5.74, 6) is 0. The molecule has 1 N–H and O–H groups in total. The fourth-order valence-electron chi connectivity index (χ4n) is 1.43. The number of benzene rings is 1. The molecular formula is C10H12BrN. The van der Waals surface area contributed by atoms with Crippen molar-refractivity contribution in [2.75, 3.05) is 6.54 Å². The van der Waals surface area contributed by atoms with E-state index in [4.69, 9.17) is 0 Å². The first-order valence-corrected chi connectivity index (χ1v) is 5.12. The molecule has 1 fully saturated rings. The van der Waals surface area contributed by atoms with Crippen molar-refractivity contribution in [3.8, 4) is 0 Å². The quantitative estimate of drug-likeness (QED) is 0.816. The molecule has 0 saturated carbocycles. The van der Waals surface area contributed by atoms with Crippen LogP contribution in [0.1, 0.15) is 12.0 Å². The lowest BCUT2D eigenvalue weighted by Gasteiger charge is -2.27. The average molecular weight is 226 g/mol. The van der Waals surface area contributed by atoms with Crippen molar-refractivity contribution in [3.63, 3.8) is 0 Å². The minimum atomic E-state index is 0.728. The Morgan fingerprint density at radius 1 is 1.33 bits per heavy atom. The fourth-order valence-corrected chi connectivity index (χ4v) is 1.69. The predicted octanol–water partition coefficient (Wildman–Crippen LogP) is 2.35. The number of hydrogen-bond donors (Lipinski definition) is 1. The van der Waals surface area contributed by atoms with Gasteiger partial charge in [0.1, 0.15) is 0 Å². The van der Waals surface area contributed by atoms with Crippen LogP contribution >= 0.6 is 15.9 Å². The third kappa shape index (κ3) is 1.87. The van der Waals surface area contributed by atoms with Crippen LogP contribution in [0.25, 0.3) is 0 Å². The van der Waals surface area contributed by atoms with Crippen LogP contribution in [-0.4, -0.2) is 12.6 Å². The molecule has 0 spiro atoms. The largest absolute Gasteiger partial charge is 0.314 e. The normalized spacial score (nSPS) is 21.9. The highest BCUT2D eigenvalue weighted by Crippen LogP contribution is 2.14. The van der Waals surface area contributed by atoms with Crippen molar-refractivity contribution < 1.29 is 0 Å². The molecule has 0 aliphatic carbocycles. The standard InChI is InChI=1S/C10H12BrN/c11-9-3-1-8(2-4-9)7-10-5-6-12-10/h1-4,10,12H,5-7H2. The smallest absolute Gasteiger partial charge is 0.0175 e. The van der Waals surface area contributed by atoms with Gasteiger partial charge in [0, 0.05) is 10.5 Å². The van der Waals surface area contributed by atoms with Crippen molar-refractivity contribution >= 4 is 15.9 Å². The molecule has 1 aromatic rings. The molecule has 1 unspecified atom stereocenters. The molecule has 1 aliphatic heterocycles. The summed E-state index contributed by atoms with van der Waals surface area (Å²) in [6, 6.07) is 9.31. The van der Waals surface area contributed by atoms with Crippen LogP contribution in [0.15, 0.2) is 28.7 Å². The van der Waals surface area contributed by atoms with Crippen LogP contribution in [0.2, 0.25) is 0 Å². The van der Waals surface area contributed by atoms with E-state index in [1.54, 1.807) is 0 Å². The Hall–Kier alpha value is -0.340. The lowest BCUT2D eigenvalue weighted by Crippen LogP contribution is -2.44. The van der Waals surface area contributed by atoms with E-state index >= 15 is 0 Å². The lowest BCUT2D eigenvalue weighted by atomic mass is 9.98. The van der Waals surface area contributed by atoms with Crippen molar-refractivity contribution in [2.45, 2.75) is 18.9 Å². The van der Waals surface area contributed by atoms with Crippen LogP contribution < -0.4 is 5.32 Å². The van der Waals surface area contributed by atoms with E-state index in [-0.39, 0.29) is 0 Å². The summed E-state index contributed by atoms with van der Waals surface area (Å²) in [7, 11) is 0. The molecule has 0 bridgehead atoms. The van der Waals surface area contributed by atoms with Gasteiger partial charge >= 0.3 is 0 Å². The Morgan fingerprint density at radius 3 is 2.50 bits per heavy atom. The monoisotopic (exact) mass is 225 g/mol. The molecule has 12 heavy (non-hydrogen) atoms. The maximum absolute atomic E-state index is 3.43. The highest BCUT2D eigenvalue weighted by atomic mass is 79.9. The van der Waals surface area contributed by atoms with Gasteiger partial charge in [-0.1, -0.05) is 28.1 Å². The van der Waals surface area contributed by atoms with E-state index in [2.05, 4.69) is 45.5 Å². The van der Waals surface area contributed by atoms with Crippen molar-refractivity contribution in [1.29, 1.82) is 0 Å². The molecule has 0 amide bonds. The van der Waals surface area contributed by atoms with E-state index in [0.717, 1.165) is 10.5 Å². The molecule has 1 heterocycles. The molecule has 1 aliphatic rings. The molecule has 1 aromatic carbocycles. The summed E-state index contributed by atoms with van der Waals surface area (Å²) in [6.07, 6.45) is 2.50. The third-order valence-corrected chi connectivity index (χ3v) is 2.85. The molecule has 1 nitrogen and oxygen atoms in total. The maximum atomic E-state index is 3.43. The van der Waals surface area contributed by atoms with Crippen LogP contribution in [-0.2, 0) is 6.42 Å². The molecule has 1 atom stereocenters. The minimum absolute atomic E-state index is 0.728. The first kappa shape index (κ1) is 8.27. The molecule has 2 rings (SSSR count). The summed E-state index contributed by atoms with van der Waals surface area (Å²) in [6.45, 7) is 1.20. The van der Waals surface area contributed by atoms with Gasteiger partial charge in [-0.2, -0.15) is 0 Å². The van der Waals surface area contributed by atoms with Gasteiger partial charge in [-0.15, -0.1) is 0 Å². The third-order valence-electron chi connectivity index (χ3n) is 2.32. The maximum Gasteiger partial charge on any atom is 0.0175 e. The Morgan fingerprint density at radius 2 is 2.00 bits per heavy atom. The zero-order valence-corrected chi connectivity index (χ0v) is 8.47. The summed E-state index contributed by atoms with van der Waals surface area (Å²) in [5.41, 5.74) is 1.43. The summed E-state index contributed by atoms with van der Waals surface area (Å²) in [5, 5.41) is 3.40. The summed E-state index contributed by atoms with van der Waals surface area (Å²) >= 11 is 3.43. The second-order valence-electron chi connectivity index (χ2n) is 3.27. The van der Waals surface area contributed by atoms with E-state index in [1.807, 2.05) is 0 Å². The van der Waals surface area contributed by atoms with Crippen molar-refractivity contribution in [2.24, 2.45) is 0 Å². The van der Waals surface area contributed by atoms with Gasteiger partial charge in [0.2, 0.25) is 0 Å². The van der Waals surface area contributed by atoms with Crippen LogP contribution in [0.3, 0.4) is 0 Å². The molecule has 0 aromatic heterocycles. The predicted molar refractivity (Wildman–Crippen MR) is 54.3 cm³/mol. The molecule has 1 saturated heterocycles. The van der Waals surface area contributed by atoms with E-state index < -0.39 is 0 Å². The van der Waals surface area contributed by atoms with Gasteiger partial charge in [-0.05, 0) is 37.1 Å². The Labute approximate surface area is 81.3 Å². The first-order chi connectivity index (χ1) is 5.84. The second kappa shape index (κ2) is 3.58. The zero-order chi connectivity index (χ0) is 8.39. The molecular weight excluding hydrogens is 214 g/mol. The highest BCUT2D eigenvalue weighted by molar-refractivity contribution is 9.10. The average Bonchev–Trinajstić information content (AvgIpc) is 2.00. The van der Waals surface area contributed by atoms with E-state index in [9.17, 15) is 0 Å². The van der Waals surface area contributed by atoms with Gasteiger partial charge in [0.15, 0.2) is 0 Å². The van der Waals surface area contributed by atoms with Crippen molar-refractivity contribution in [3.05, 3.63) is 34.3 Å². The SMILES string of the molecule is Brc1ccc(CC2CCN2)cc1. The minimum Gasteiger partial charge on any atom is -0.314 e. The summed E-state index contributed by atoms with van der Waals surface area (Å²) in [4.78, 5) is 0. The Bertz CT molecular complexity index is 251. The molecule has 2 heteroatoms. The summed E-state index contributed by atoms with van der Waals surface area (Å²) < 4.78 is 1.16. The lowest BCUT2D eigenvalue weighted by molar-refractivity contribution is 0.369. The zero-order valence-electron chi connectivity index (χ0n) is 6.89. The van der Waals surface area contributed by atoms with Gasteiger partial charge in [0.05, 0.1) is 0 Å². The van der Waals surface area contributed by atoms with Gasteiger partial charge in [-0.3, -0.25) is 0 Å².